The van der Waals surface area contributed by atoms with Gasteiger partial charge >= 0.3 is 0 Å². The lowest BCUT2D eigenvalue weighted by Crippen LogP contribution is -2.12. The third-order valence-corrected chi connectivity index (χ3v) is 5.88. The number of nitrogens with two attached hydrogens (primary N) is 1. The summed E-state index contributed by atoms with van der Waals surface area (Å²) in [5.74, 6) is 2.91. The first-order valence-corrected chi connectivity index (χ1v) is 10.5. The monoisotopic (exact) mass is 398 g/mol. The summed E-state index contributed by atoms with van der Waals surface area (Å²) in [6.45, 7) is 4.76. The smallest absolute Gasteiger partial charge is 0.150 e. The molecule has 0 saturated heterocycles. The van der Waals surface area contributed by atoms with E-state index in [0.29, 0.717) is 18.3 Å². The van der Waals surface area contributed by atoms with Crippen LogP contribution >= 0.6 is 0 Å². The van der Waals surface area contributed by atoms with Crippen molar-refractivity contribution in [3.8, 4) is 17.0 Å². The number of benzene rings is 2. The average Bonchev–Trinajstić information content (AvgIpc) is 3.05. The Balaban J connectivity index is 1.49. The summed E-state index contributed by atoms with van der Waals surface area (Å²) in [6.07, 6.45) is 7.34. The molecule has 5 nitrogen and oxygen atoms in total. The molecule has 0 radical (unpaired) electrons. The Morgan fingerprint density at radius 3 is 2.63 bits per heavy atom. The highest BCUT2D eigenvalue weighted by molar-refractivity contribution is 5.85. The Bertz CT molecular complexity index is 1200. The zero-order chi connectivity index (χ0) is 20.7. The van der Waals surface area contributed by atoms with Crippen LogP contribution in [0.4, 0.5) is 5.82 Å². The standard InChI is InChI=1S/C25H26N4O/c1-16-11-17(2)13-18(12-16)15-30-21-8-4-7-20(14-21)22-23-24(26)27-9-10-29(23)25(28-22)19-5-3-6-19/h4,7-14,19H,3,5-6,15H2,1-2H3,(H2,26,27). The number of nitrogens with zero attached hydrogens (tertiary/aromatic N) is 3. The van der Waals surface area contributed by atoms with Crippen LogP contribution in [0.5, 0.6) is 5.75 Å². The van der Waals surface area contributed by atoms with Crippen molar-refractivity contribution in [1.29, 1.82) is 0 Å². The van der Waals surface area contributed by atoms with E-state index >= 15 is 0 Å². The second-order valence-electron chi connectivity index (χ2n) is 8.29. The highest BCUT2D eigenvalue weighted by atomic mass is 16.5. The van der Waals surface area contributed by atoms with Gasteiger partial charge in [0, 0.05) is 23.9 Å². The Morgan fingerprint density at radius 1 is 1.10 bits per heavy atom. The quantitative estimate of drug-likeness (QED) is 0.486. The van der Waals surface area contributed by atoms with Crippen molar-refractivity contribution in [3.63, 3.8) is 0 Å². The fraction of sp³-hybridized carbons (Fsp3) is 0.280. The number of hydrogen-bond donors (Lipinski definition) is 1. The number of aryl methyl sites for hydroxylation is 2. The van der Waals surface area contributed by atoms with Crippen LogP contribution in [0.15, 0.2) is 54.9 Å². The molecular weight excluding hydrogens is 372 g/mol. The van der Waals surface area contributed by atoms with Gasteiger partial charge in [-0.15, -0.1) is 0 Å². The first kappa shape index (κ1) is 18.7. The first-order valence-electron chi connectivity index (χ1n) is 10.5. The van der Waals surface area contributed by atoms with E-state index in [-0.39, 0.29) is 0 Å². The number of rotatable bonds is 5. The molecule has 0 amide bonds. The molecule has 0 spiro atoms. The maximum Gasteiger partial charge on any atom is 0.150 e. The summed E-state index contributed by atoms with van der Waals surface area (Å²) in [5.41, 5.74) is 12.7. The number of anilines is 1. The fourth-order valence-corrected chi connectivity index (χ4v) is 4.29. The molecule has 0 unspecified atom stereocenters. The van der Waals surface area contributed by atoms with Crippen molar-refractivity contribution in [2.24, 2.45) is 0 Å². The van der Waals surface area contributed by atoms with E-state index in [9.17, 15) is 0 Å². The highest BCUT2D eigenvalue weighted by Crippen LogP contribution is 2.39. The maximum absolute atomic E-state index is 6.27. The molecule has 1 aliphatic carbocycles. The molecule has 2 heterocycles. The molecule has 0 atom stereocenters. The van der Waals surface area contributed by atoms with Gasteiger partial charge in [-0.25, -0.2) is 9.97 Å². The second-order valence-corrected chi connectivity index (χ2v) is 8.29. The normalized spacial score (nSPS) is 14.1. The number of ether oxygens (including phenoxy) is 1. The van der Waals surface area contributed by atoms with Gasteiger partial charge in [-0.05, 0) is 44.4 Å². The molecule has 30 heavy (non-hydrogen) atoms. The number of fused-ring (bicyclic) bond motifs is 1. The molecule has 5 rings (SSSR count). The minimum atomic E-state index is 0.497. The van der Waals surface area contributed by atoms with Crippen LogP contribution in [0.1, 0.15) is 47.7 Å². The summed E-state index contributed by atoms with van der Waals surface area (Å²) >= 11 is 0. The van der Waals surface area contributed by atoms with E-state index in [1.807, 2.05) is 24.4 Å². The summed E-state index contributed by atoms with van der Waals surface area (Å²) < 4.78 is 8.23. The molecule has 1 fully saturated rings. The first-order chi connectivity index (χ1) is 14.6. The molecule has 5 heteroatoms. The van der Waals surface area contributed by atoms with Gasteiger partial charge in [0.15, 0.2) is 0 Å². The minimum absolute atomic E-state index is 0.497. The molecule has 1 saturated carbocycles. The van der Waals surface area contributed by atoms with Gasteiger partial charge in [0.05, 0.1) is 0 Å². The van der Waals surface area contributed by atoms with Gasteiger partial charge < -0.3 is 10.5 Å². The van der Waals surface area contributed by atoms with Crippen molar-refractivity contribution < 1.29 is 4.74 Å². The van der Waals surface area contributed by atoms with E-state index in [4.69, 9.17) is 15.5 Å². The third-order valence-electron chi connectivity index (χ3n) is 5.88. The summed E-state index contributed by atoms with van der Waals surface area (Å²) in [4.78, 5) is 9.32. The zero-order valence-electron chi connectivity index (χ0n) is 17.4. The number of nitrogen functional groups attached to an aromatic ring is 1. The van der Waals surface area contributed by atoms with Crippen molar-refractivity contribution in [2.75, 3.05) is 5.73 Å². The second kappa shape index (κ2) is 7.48. The van der Waals surface area contributed by atoms with E-state index < -0.39 is 0 Å². The van der Waals surface area contributed by atoms with Crippen LogP contribution in [0.3, 0.4) is 0 Å². The largest absolute Gasteiger partial charge is 0.489 e. The summed E-state index contributed by atoms with van der Waals surface area (Å²) in [6, 6.07) is 14.6. The van der Waals surface area contributed by atoms with Gasteiger partial charge in [0.25, 0.3) is 0 Å². The Hall–Kier alpha value is -3.34. The molecule has 152 valence electrons. The lowest BCUT2D eigenvalue weighted by molar-refractivity contribution is 0.306. The predicted octanol–water partition coefficient (Wildman–Crippen LogP) is 5.44. The molecule has 4 aromatic rings. The lowest BCUT2D eigenvalue weighted by atomic mass is 9.85. The maximum atomic E-state index is 6.27. The SMILES string of the molecule is Cc1cc(C)cc(COc2cccc(-c3nc(C4CCC4)n4ccnc(N)c34)c2)c1. The average molecular weight is 399 g/mol. The van der Waals surface area contributed by atoms with E-state index in [1.54, 1.807) is 6.20 Å². The van der Waals surface area contributed by atoms with Crippen LogP contribution in [0.25, 0.3) is 16.8 Å². The van der Waals surface area contributed by atoms with Crippen molar-refractivity contribution in [1.82, 2.24) is 14.4 Å². The van der Waals surface area contributed by atoms with Crippen LogP contribution < -0.4 is 10.5 Å². The number of aromatic nitrogens is 3. The molecule has 2 aromatic heterocycles. The Morgan fingerprint density at radius 2 is 1.90 bits per heavy atom. The highest BCUT2D eigenvalue weighted by Gasteiger charge is 2.26. The van der Waals surface area contributed by atoms with E-state index in [1.165, 1.54) is 36.0 Å². The number of imidazole rings is 1. The van der Waals surface area contributed by atoms with Gasteiger partial charge in [-0.2, -0.15) is 0 Å². The predicted molar refractivity (Wildman–Crippen MR) is 120 cm³/mol. The van der Waals surface area contributed by atoms with Crippen LogP contribution in [0.2, 0.25) is 0 Å². The molecule has 2 aromatic carbocycles. The lowest BCUT2D eigenvalue weighted by Gasteiger charge is -2.23. The third kappa shape index (κ3) is 3.41. The zero-order valence-corrected chi connectivity index (χ0v) is 17.4. The Kier molecular flexibility index (Phi) is 4.66. The summed E-state index contributed by atoms with van der Waals surface area (Å²) in [7, 11) is 0. The Labute approximate surface area is 176 Å². The van der Waals surface area contributed by atoms with Gasteiger partial charge in [-0.1, -0.05) is 47.9 Å². The molecule has 0 aliphatic heterocycles. The molecule has 1 aliphatic rings. The fourth-order valence-electron chi connectivity index (χ4n) is 4.29. The van der Waals surface area contributed by atoms with Crippen molar-refractivity contribution in [3.05, 3.63) is 77.4 Å². The van der Waals surface area contributed by atoms with Crippen LogP contribution in [0, 0.1) is 13.8 Å². The van der Waals surface area contributed by atoms with E-state index in [0.717, 1.165) is 28.3 Å². The molecular formula is C25H26N4O. The van der Waals surface area contributed by atoms with Crippen LogP contribution in [-0.4, -0.2) is 14.4 Å². The van der Waals surface area contributed by atoms with Gasteiger partial charge in [0.2, 0.25) is 0 Å². The minimum Gasteiger partial charge on any atom is -0.489 e. The topological polar surface area (TPSA) is 65.4 Å². The van der Waals surface area contributed by atoms with Crippen molar-refractivity contribution in [2.45, 2.75) is 45.6 Å². The van der Waals surface area contributed by atoms with Crippen molar-refractivity contribution >= 4 is 11.3 Å². The number of hydrogen-bond acceptors (Lipinski definition) is 4. The van der Waals surface area contributed by atoms with Gasteiger partial charge in [0.1, 0.15) is 35.2 Å². The molecule has 0 bridgehead atoms. The van der Waals surface area contributed by atoms with Gasteiger partial charge in [-0.3, -0.25) is 4.40 Å². The van der Waals surface area contributed by atoms with E-state index in [2.05, 4.69) is 47.5 Å². The molecule has 2 N–H and O–H groups in total. The van der Waals surface area contributed by atoms with Crippen LogP contribution in [-0.2, 0) is 6.61 Å². The summed E-state index contributed by atoms with van der Waals surface area (Å²) in [5, 5.41) is 0.